The summed E-state index contributed by atoms with van der Waals surface area (Å²) in [5.74, 6) is 0. The van der Waals surface area contributed by atoms with Crippen LogP contribution in [0.5, 0.6) is 0 Å². The van der Waals surface area contributed by atoms with Gasteiger partial charge in [0.2, 0.25) is 0 Å². The predicted octanol–water partition coefficient (Wildman–Crippen LogP) is 2.45. The highest BCUT2D eigenvalue weighted by molar-refractivity contribution is 8.00. The molecular formula is C12H16O2S. The van der Waals surface area contributed by atoms with Gasteiger partial charge in [-0.15, -0.1) is 11.8 Å². The van der Waals surface area contributed by atoms with Gasteiger partial charge in [-0.25, -0.2) is 0 Å². The molecule has 0 spiro atoms. The first-order chi connectivity index (χ1) is 7.38. The van der Waals surface area contributed by atoms with E-state index in [-0.39, 0.29) is 6.61 Å². The van der Waals surface area contributed by atoms with E-state index < -0.39 is 0 Å². The van der Waals surface area contributed by atoms with Crippen LogP contribution in [0.4, 0.5) is 0 Å². The number of hydrogen-bond acceptors (Lipinski definition) is 3. The molecule has 0 amide bonds. The van der Waals surface area contributed by atoms with Gasteiger partial charge in [0.15, 0.2) is 0 Å². The van der Waals surface area contributed by atoms with E-state index in [1.807, 2.05) is 23.9 Å². The van der Waals surface area contributed by atoms with Crippen molar-refractivity contribution in [2.75, 3.05) is 13.2 Å². The minimum Gasteiger partial charge on any atom is -0.392 e. The van der Waals surface area contributed by atoms with E-state index in [2.05, 4.69) is 12.1 Å². The molecule has 1 heterocycles. The summed E-state index contributed by atoms with van der Waals surface area (Å²) in [6, 6.07) is 8.15. The number of aliphatic hydroxyl groups excluding tert-OH is 1. The van der Waals surface area contributed by atoms with Crippen LogP contribution in [0.1, 0.15) is 18.4 Å². The van der Waals surface area contributed by atoms with E-state index in [1.54, 1.807) is 0 Å². The Hall–Kier alpha value is -0.510. The normalized spacial score (nSPS) is 17.9. The highest BCUT2D eigenvalue weighted by Gasteiger charge is 2.14. The lowest BCUT2D eigenvalue weighted by atomic mass is 10.2. The van der Waals surface area contributed by atoms with Crippen LogP contribution >= 0.6 is 11.8 Å². The number of ether oxygens (including phenoxy) is 1. The third-order valence-corrected chi connectivity index (χ3v) is 3.93. The maximum atomic E-state index is 8.93. The van der Waals surface area contributed by atoms with E-state index in [0.29, 0.717) is 5.25 Å². The molecule has 1 aliphatic heterocycles. The summed E-state index contributed by atoms with van der Waals surface area (Å²) in [6.45, 7) is 1.92. The van der Waals surface area contributed by atoms with Gasteiger partial charge in [0.25, 0.3) is 0 Å². The van der Waals surface area contributed by atoms with Crippen LogP contribution in [0.3, 0.4) is 0 Å². The van der Waals surface area contributed by atoms with Gasteiger partial charge < -0.3 is 9.84 Å². The molecule has 2 nitrogen and oxygen atoms in total. The minimum absolute atomic E-state index is 0.127. The average Bonchev–Trinajstić information content (AvgIpc) is 2.31. The monoisotopic (exact) mass is 224 g/mol. The van der Waals surface area contributed by atoms with E-state index in [1.165, 1.54) is 4.90 Å². The summed E-state index contributed by atoms with van der Waals surface area (Å²) in [7, 11) is 0. The Kier molecular flexibility index (Phi) is 4.06. The van der Waals surface area contributed by atoms with Crippen molar-refractivity contribution in [3.63, 3.8) is 0 Å². The molecule has 0 aliphatic carbocycles. The number of benzene rings is 1. The fourth-order valence-electron chi connectivity index (χ4n) is 1.66. The highest BCUT2D eigenvalue weighted by Crippen LogP contribution is 2.29. The van der Waals surface area contributed by atoms with Gasteiger partial charge >= 0.3 is 0 Å². The molecule has 1 aromatic rings. The molecule has 15 heavy (non-hydrogen) atoms. The number of aliphatic hydroxyl groups is 1. The molecule has 1 fully saturated rings. The Balaban J connectivity index is 1.91. The predicted molar refractivity (Wildman–Crippen MR) is 62.1 cm³/mol. The quantitative estimate of drug-likeness (QED) is 0.855. The second kappa shape index (κ2) is 5.54. The van der Waals surface area contributed by atoms with Crippen molar-refractivity contribution in [3.8, 4) is 0 Å². The third-order valence-electron chi connectivity index (χ3n) is 2.58. The Bertz CT molecular complexity index is 291. The van der Waals surface area contributed by atoms with Gasteiger partial charge in [-0.1, -0.05) is 12.1 Å². The maximum absolute atomic E-state index is 8.93. The van der Waals surface area contributed by atoms with Gasteiger partial charge in [-0.2, -0.15) is 0 Å². The van der Waals surface area contributed by atoms with Crippen LogP contribution in [0.2, 0.25) is 0 Å². The second-order valence-corrected chi connectivity index (χ2v) is 5.11. The number of thioether (sulfide) groups is 1. The Labute approximate surface area is 94.6 Å². The highest BCUT2D eigenvalue weighted by atomic mass is 32.2. The molecule has 0 unspecified atom stereocenters. The lowest BCUT2D eigenvalue weighted by Crippen LogP contribution is -2.17. The summed E-state index contributed by atoms with van der Waals surface area (Å²) in [6.07, 6.45) is 2.29. The molecule has 0 aromatic heterocycles. The minimum atomic E-state index is 0.127. The summed E-state index contributed by atoms with van der Waals surface area (Å²) in [5.41, 5.74) is 0.978. The zero-order chi connectivity index (χ0) is 10.5. The third kappa shape index (κ3) is 3.23. The van der Waals surface area contributed by atoms with Gasteiger partial charge in [-0.3, -0.25) is 0 Å². The van der Waals surface area contributed by atoms with E-state index in [4.69, 9.17) is 9.84 Å². The topological polar surface area (TPSA) is 29.5 Å². The summed E-state index contributed by atoms with van der Waals surface area (Å²) in [4.78, 5) is 1.29. The zero-order valence-corrected chi connectivity index (χ0v) is 9.50. The van der Waals surface area contributed by atoms with Crippen LogP contribution in [0.25, 0.3) is 0 Å². The fraction of sp³-hybridized carbons (Fsp3) is 0.500. The molecule has 0 saturated carbocycles. The molecule has 0 atom stereocenters. The molecule has 1 aliphatic rings. The van der Waals surface area contributed by atoms with E-state index in [0.717, 1.165) is 31.6 Å². The second-order valence-electron chi connectivity index (χ2n) is 3.73. The largest absolute Gasteiger partial charge is 0.392 e. The Morgan fingerprint density at radius 2 is 1.87 bits per heavy atom. The van der Waals surface area contributed by atoms with Crippen molar-refractivity contribution >= 4 is 11.8 Å². The van der Waals surface area contributed by atoms with Crippen molar-refractivity contribution in [3.05, 3.63) is 29.8 Å². The summed E-state index contributed by atoms with van der Waals surface area (Å²) >= 11 is 1.92. The van der Waals surface area contributed by atoms with Gasteiger partial charge in [0, 0.05) is 23.4 Å². The van der Waals surface area contributed by atoms with Crippen molar-refractivity contribution in [1.29, 1.82) is 0 Å². The molecule has 0 radical (unpaired) electrons. The Morgan fingerprint density at radius 3 is 2.47 bits per heavy atom. The summed E-state index contributed by atoms with van der Waals surface area (Å²) < 4.78 is 5.33. The van der Waals surface area contributed by atoms with Crippen LogP contribution in [-0.2, 0) is 11.3 Å². The van der Waals surface area contributed by atoms with Crippen molar-refractivity contribution in [2.45, 2.75) is 29.6 Å². The van der Waals surface area contributed by atoms with Gasteiger partial charge in [0.05, 0.1) is 6.61 Å². The first kappa shape index (κ1) is 11.0. The first-order valence-electron chi connectivity index (χ1n) is 5.32. The van der Waals surface area contributed by atoms with Crippen LogP contribution < -0.4 is 0 Å². The molecule has 82 valence electrons. The molecule has 0 bridgehead atoms. The van der Waals surface area contributed by atoms with Crippen LogP contribution in [0, 0.1) is 0 Å². The molecule has 1 aromatic carbocycles. The number of hydrogen-bond donors (Lipinski definition) is 1. The SMILES string of the molecule is OCc1ccc(SC2CCOCC2)cc1. The smallest absolute Gasteiger partial charge is 0.0681 e. The molecule has 3 heteroatoms. The van der Waals surface area contributed by atoms with E-state index >= 15 is 0 Å². The zero-order valence-electron chi connectivity index (χ0n) is 8.69. The van der Waals surface area contributed by atoms with E-state index in [9.17, 15) is 0 Å². The van der Waals surface area contributed by atoms with Crippen molar-refractivity contribution < 1.29 is 9.84 Å². The molecule has 1 saturated heterocycles. The lowest BCUT2D eigenvalue weighted by Gasteiger charge is -2.21. The van der Waals surface area contributed by atoms with Crippen LogP contribution in [-0.4, -0.2) is 23.6 Å². The molecule has 2 rings (SSSR count). The van der Waals surface area contributed by atoms with Crippen molar-refractivity contribution in [2.24, 2.45) is 0 Å². The molecule has 1 N–H and O–H groups in total. The van der Waals surface area contributed by atoms with Gasteiger partial charge in [-0.05, 0) is 30.5 Å². The standard InChI is InChI=1S/C12H16O2S/c13-9-10-1-3-11(4-2-10)15-12-5-7-14-8-6-12/h1-4,12-13H,5-9H2. The average molecular weight is 224 g/mol. The Morgan fingerprint density at radius 1 is 1.20 bits per heavy atom. The number of rotatable bonds is 3. The van der Waals surface area contributed by atoms with Gasteiger partial charge in [0.1, 0.15) is 0 Å². The lowest BCUT2D eigenvalue weighted by molar-refractivity contribution is 0.100. The first-order valence-corrected chi connectivity index (χ1v) is 6.20. The maximum Gasteiger partial charge on any atom is 0.0681 e. The fourth-order valence-corrected chi connectivity index (χ4v) is 2.77. The summed E-state index contributed by atoms with van der Waals surface area (Å²) in [5, 5.41) is 9.62. The van der Waals surface area contributed by atoms with Crippen LogP contribution in [0.15, 0.2) is 29.2 Å². The molecular weight excluding hydrogens is 208 g/mol. The van der Waals surface area contributed by atoms with Crippen molar-refractivity contribution in [1.82, 2.24) is 0 Å².